The number of carbonyl (C=O) groups is 1. The smallest absolute Gasteiger partial charge is 0.248 e. The van der Waals surface area contributed by atoms with E-state index in [4.69, 9.17) is 26.3 Å². The zero-order valence-corrected chi connectivity index (χ0v) is 22.6. The van der Waals surface area contributed by atoms with E-state index in [9.17, 15) is 4.79 Å². The second-order valence-corrected chi connectivity index (χ2v) is 10.5. The Bertz CT molecular complexity index is 1380. The van der Waals surface area contributed by atoms with E-state index in [1.807, 2.05) is 70.4 Å². The van der Waals surface area contributed by atoms with E-state index in [0.29, 0.717) is 43.7 Å². The predicted octanol–water partition coefficient (Wildman–Crippen LogP) is 4.92. The van der Waals surface area contributed by atoms with E-state index >= 15 is 0 Å². The van der Waals surface area contributed by atoms with Crippen LogP contribution in [0.25, 0.3) is 16.7 Å². The molecule has 4 aromatic rings. The third-order valence-electron chi connectivity index (χ3n) is 6.72. The van der Waals surface area contributed by atoms with Gasteiger partial charge in [0.15, 0.2) is 5.65 Å². The average molecular weight is 533 g/mol. The molecule has 9 heteroatoms. The van der Waals surface area contributed by atoms with Gasteiger partial charge in [0.05, 0.1) is 23.9 Å². The van der Waals surface area contributed by atoms with Gasteiger partial charge in [-0.1, -0.05) is 61.8 Å². The largest absolute Gasteiger partial charge is 0.367 e. The molecule has 38 heavy (non-hydrogen) atoms. The summed E-state index contributed by atoms with van der Waals surface area (Å²) >= 11 is 6.26. The lowest BCUT2D eigenvalue weighted by molar-refractivity contribution is -0.136. The Balaban J connectivity index is 1.31. The van der Waals surface area contributed by atoms with E-state index in [1.165, 1.54) is 0 Å². The number of hydrogen-bond acceptors (Lipinski definition) is 6. The number of benzene rings is 2. The highest BCUT2D eigenvalue weighted by atomic mass is 35.5. The van der Waals surface area contributed by atoms with Gasteiger partial charge in [-0.2, -0.15) is 5.10 Å². The summed E-state index contributed by atoms with van der Waals surface area (Å²) < 4.78 is 7.50. The third-order valence-corrected chi connectivity index (χ3v) is 6.96. The second-order valence-electron chi connectivity index (χ2n) is 10.0. The maximum atomic E-state index is 12.8. The third kappa shape index (κ3) is 6.14. The molecule has 0 unspecified atom stereocenters. The van der Waals surface area contributed by atoms with Crippen molar-refractivity contribution in [2.45, 2.75) is 33.3 Å². The van der Waals surface area contributed by atoms with Crippen LogP contribution in [0.3, 0.4) is 0 Å². The molecule has 0 spiro atoms. The van der Waals surface area contributed by atoms with Crippen LogP contribution in [0.5, 0.6) is 0 Å². The van der Waals surface area contributed by atoms with E-state index in [1.54, 1.807) is 0 Å². The molecule has 1 saturated heterocycles. The lowest BCUT2D eigenvalue weighted by atomic mass is 10.1. The maximum absolute atomic E-state index is 12.8. The van der Waals surface area contributed by atoms with Gasteiger partial charge in [0, 0.05) is 37.6 Å². The Labute approximate surface area is 228 Å². The van der Waals surface area contributed by atoms with Gasteiger partial charge in [-0.15, -0.1) is 0 Å². The van der Waals surface area contributed by atoms with Crippen LogP contribution in [0, 0.1) is 5.92 Å². The fourth-order valence-corrected chi connectivity index (χ4v) is 4.78. The summed E-state index contributed by atoms with van der Waals surface area (Å²) in [5, 5.41) is 6.19. The highest BCUT2D eigenvalue weighted by Gasteiger charge is 2.25. The standard InChI is InChI=1S/C29H33ClN6O2/c1-21(2)11-12-26-32-28(25-18-31-36(29(25)33-26)24-10-6-9-23(30)17-24)35-15-13-34(14-16-35)27(37)20-38-19-22-7-4-3-5-8-22/h3-10,17-18,21H,11-16,19-20H2,1-2H3. The Morgan fingerprint density at radius 3 is 2.55 bits per heavy atom. The van der Waals surface area contributed by atoms with Crippen LogP contribution in [0.1, 0.15) is 31.7 Å². The first-order valence-electron chi connectivity index (χ1n) is 13.1. The van der Waals surface area contributed by atoms with Crippen LogP contribution in [0.15, 0.2) is 60.8 Å². The van der Waals surface area contributed by atoms with Gasteiger partial charge < -0.3 is 14.5 Å². The van der Waals surface area contributed by atoms with Gasteiger partial charge >= 0.3 is 0 Å². The highest BCUT2D eigenvalue weighted by Crippen LogP contribution is 2.28. The zero-order chi connectivity index (χ0) is 26.5. The second kappa shape index (κ2) is 11.9. The lowest BCUT2D eigenvalue weighted by Crippen LogP contribution is -2.50. The number of ether oxygens (including phenoxy) is 1. The Hall–Kier alpha value is -3.49. The molecule has 8 nitrogen and oxygen atoms in total. The topological polar surface area (TPSA) is 76.4 Å². The quantitative estimate of drug-likeness (QED) is 0.304. The van der Waals surface area contributed by atoms with Gasteiger partial charge in [-0.05, 0) is 36.1 Å². The van der Waals surface area contributed by atoms with E-state index in [2.05, 4.69) is 23.8 Å². The summed E-state index contributed by atoms with van der Waals surface area (Å²) in [5.74, 6) is 2.24. The van der Waals surface area contributed by atoms with Crippen molar-refractivity contribution in [2.75, 3.05) is 37.7 Å². The molecule has 0 atom stereocenters. The van der Waals surface area contributed by atoms with Crippen molar-refractivity contribution < 1.29 is 9.53 Å². The molecular formula is C29H33ClN6O2. The number of aromatic nitrogens is 4. The molecule has 2 aromatic heterocycles. The molecule has 0 N–H and O–H groups in total. The van der Waals surface area contributed by atoms with Crippen LogP contribution >= 0.6 is 11.6 Å². The highest BCUT2D eigenvalue weighted by molar-refractivity contribution is 6.30. The summed E-state index contributed by atoms with van der Waals surface area (Å²) in [4.78, 5) is 26.8. The number of nitrogens with zero attached hydrogens (tertiary/aromatic N) is 6. The van der Waals surface area contributed by atoms with Crippen LogP contribution in [0.4, 0.5) is 5.82 Å². The van der Waals surface area contributed by atoms with Crippen LogP contribution in [-0.2, 0) is 22.6 Å². The monoisotopic (exact) mass is 532 g/mol. The first-order valence-corrected chi connectivity index (χ1v) is 13.5. The minimum absolute atomic E-state index is 0.0137. The van der Waals surface area contributed by atoms with Crippen molar-refractivity contribution in [3.05, 3.63) is 77.2 Å². The molecule has 3 heterocycles. The number of piperazine rings is 1. The van der Waals surface area contributed by atoms with Gasteiger partial charge in [0.25, 0.3) is 0 Å². The van der Waals surface area contributed by atoms with Gasteiger partial charge in [0.2, 0.25) is 5.91 Å². The lowest BCUT2D eigenvalue weighted by Gasteiger charge is -2.35. The van der Waals surface area contributed by atoms with Gasteiger partial charge in [0.1, 0.15) is 18.2 Å². The molecule has 2 aromatic carbocycles. The van der Waals surface area contributed by atoms with E-state index < -0.39 is 0 Å². The molecule has 0 radical (unpaired) electrons. The van der Waals surface area contributed by atoms with E-state index in [0.717, 1.165) is 46.8 Å². The molecule has 198 valence electrons. The number of fused-ring (bicyclic) bond motifs is 1. The number of amides is 1. The summed E-state index contributed by atoms with van der Waals surface area (Å²) in [6.07, 6.45) is 3.62. The molecule has 1 amide bonds. The maximum Gasteiger partial charge on any atom is 0.248 e. The van der Waals surface area contributed by atoms with Crippen molar-refractivity contribution in [2.24, 2.45) is 5.92 Å². The minimum Gasteiger partial charge on any atom is -0.367 e. The van der Waals surface area contributed by atoms with Crippen LogP contribution in [0.2, 0.25) is 5.02 Å². The molecule has 1 aliphatic heterocycles. The molecular weight excluding hydrogens is 500 g/mol. The van der Waals surface area contributed by atoms with Crippen molar-refractivity contribution in [1.29, 1.82) is 0 Å². The molecule has 1 aliphatic rings. The summed E-state index contributed by atoms with van der Waals surface area (Å²) in [7, 11) is 0. The first-order chi connectivity index (χ1) is 18.5. The molecule has 0 bridgehead atoms. The number of carbonyl (C=O) groups excluding carboxylic acids is 1. The fourth-order valence-electron chi connectivity index (χ4n) is 4.59. The number of aryl methyl sites for hydroxylation is 1. The van der Waals surface area contributed by atoms with Crippen molar-refractivity contribution in [3.63, 3.8) is 0 Å². The Kier molecular flexibility index (Phi) is 8.20. The van der Waals surface area contributed by atoms with Crippen molar-refractivity contribution in [1.82, 2.24) is 24.6 Å². The van der Waals surface area contributed by atoms with Crippen molar-refractivity contribution >= 4 is 34.4 Å². The van der Waals surface area contributed by atoms with Gasteiger partial charge in [-0.3, -0.25) is 4.79 Å². The Morgan fingerprint density at radius 2 is 1.82 bits per heavy atom. The van der Waals surface area contributed by atoms with Gasteiger partial charge in [-0.25, -0.2) is 14.6 Å². The molecule has 1 fully saturated rings. The molecule has 0 saturated carbocycles. The number of rotatable bonds is 9. The predicted molar refractivity (Wildman–Crippen MR) is 150 cm³/mol. The number of halogens is 1. The van der Waals surface area contributed by atoms with Crippen molar-refractivity contribution in [3.8, 4) is 5.69 Å². The summed E-state index contributed by atoms with van der Waals surface area (Å²) in [6, 6.07) is 17.5. The fraction of sp³-hybridized carbons (Fsp3) is 0.379. The molecule has 0 aliphatic carbocycles. The van der Waals surface area contributed by atoms with Crippen LogP contribution in [-0.4, -0.2) is 63.3 Å². The summed E-state index contributed by atoms with van der Waals surface area (Å²) in [6.45, 7) is 7.52. The van der Waals surface area contributed by atoms with E-state index in [-0.39, 0.29) is 12.5 Å². The minimum atomic E-state index is 0.0137. The average Bonchev–Trinajstić information content (AvgIpc) is 3.36. The zero-order valence-electron chi connectivity index (χ0n) is 21.9. The first kappa shape index (κ1) is 26.1. The molecule has 5 rings (SSSR count). The normalized spacial score (nSPS) is 14.0. The Morgan fingerprint density at radius 1 is 1.03 bits per heavy atom. The number of hydrogen-bond donors (Lipinski definition) is 0. The van der Waals surface area contributed by atoms with Crippen LogP contribution < -0.4 is 4.90 Å². The SMILES string of the molecule is CC(C)CCc1nc(N2CCN(C(=O)COCc3ccccc3)CC2)c2cnn(-c3cccc(Cl)c3)c2n1. The number of anilines is 1. The summed E-state index contributed by atoms with van der Waals surface area (Å²) in [5.41, 5.74) is 2.69.